The van der Waals surface area contributed by atoms with Crippen molar-refractivity contribution in [1.29, 1.82) is 0 Å². The molecule has 0 saturated heterocycles. The molecule has 0 bridgehead atoms. The highest BCUT2D eigenvalue weighted by atomic mass is 79.9. The number of sulfonamides is 1. The van der Waals surface area contributed by atoms with Gasteiger partial charge < -0.3 is 5.73 Å². The highest BCUT2D eigenvalue weighted by Gasteiger charge is 2.32. The van der Waals surface area contributed by atoms with Crippen LogP contribution in [0.15, 0.2) is 27.6 Å². The minimum Gasteiger partial charge on any atom is -0.329 e. The maximum absolute atomic E-state index is 12.5. The summed E-state index contributed by atoms with van der Waals surface area (Å²) in [6.07, 6.45) is -4.61. The lowest BCUT2D eigenvalue weighted by Crippen LogP contribution is -2.29. The summed E-state index contributed by atoms with van der Waals surface area (Å²) in [5.74, 6) is 0. The summed E-state index contributed by atoms with van der Waals surface area (Å²) in [5.41, 5.74) is 4.09. The van der Waals surface area contributed by atoms with Crippen molar-refractivity contribution >= 4 is 38.4 Å². The van der Waals surface area contributed by atoms with Crippen molar-refractivity contribution < 1.29 is 21.6 Å². The largest absolute Gasteiger partial charge is 0.416 e. The first-order valence-corrected chi connectivity index (χ1v) is 7.02. The van der Waals surface area contributed by atoms with Crippen LogP contribution < -0.4 is 10.5 Å². The molecule has 0 aliphatic rings. The Labute approximate surface area is 123 Å². The van der Waals surface area contributed by atoms with E-state index in [4.69, 9.17) is 5.73 Å². The minimum absolute atomic E-state index is 0. The predicted molar refractivity (Wildman–Crippen MR) is 70.6 cm³/mol. The van der Waals surface area contributed by atoms with E-state index in [1.165, 1.54) is 0 Å². The highest BCUT2D eigenvalue weighted by molar-refractivity contribution is 9.10. The number of hydrogen-bond acceptors (Lipinski definition) is 3. The van der Waals surface area contributed by atoms with E-state index < -0.39 is 26.7 Å². The van der Waals surface area contributed by atoms with Gasteiger partial charge in [0, 0.05) is 17.6 Å². The van der Waals surface area contributed by atoms with Crippen molar-refractivity contribution in [2.45, 2.75) is 11.1 Å². The molecule has 0 fully saturated rings. The van der Waals surface area contributed by atoms with Crippen LogP contribution in [0.4, 0.5) is 13.2 Å². The average molecular weight is 384 g/mol. The van der Waals surface area contributed by atoms with Crippen molar-refractivity contribution in [2.75, 3.05) is 13.1 Å². The Hall–Kier alpha value is -0.350. The summed E-state index contributed by atoms with van der Waals surface area (Å²) >= 11 is 2.85. The monoisotopic (exact) mass is 382 g/mol. The van der Waals surface area contributed by atoms with Crippen molar-refractivity contribution in [3.8, 4) is 0 Å². The molecule has 0 aliphatic heterocycles. The zero-order valence-corrected chi connectivity index (χ0v) is 12.6. The van der Waals surface area contributed by atoms with Gasteiger partial charge in [0.2, 0.25) is 10.0 Å². The first kappa shape index (κ1) is 18.7. The number of alkyl halides is 3. The molecular formula is C9H11BrClF3N2O2S. The van der Waals surface area contributed by atoms with Gasteiger partial charge in [0.25, 0.3) is 0 Å². The van der Waals surface area contributed by atoms with Crippen molar-refractivity contribution in [2.24, 2.45) is 5.73 Å². The SMILES string of the molecule is Cl.NCCNS(=O)(=O)c1cc(Br)cc(C(F)(F)F)c1. The van der Waals surface area contributed by atoms with Crippen LogP contribution in [0.5, 0.6) is 0 Å². The quantitative estimate of drug-likeness (QED) is 0.836. The molecule has 0 saturated carbocycles. The molecule has 1 aromatic rings. The lowest BCUT2D eigenvalue weighted by Gasteiger charge is -2.11. The van der Waals surface area contributed by atoms with Crippen LogP contribution in [0.3, 0.4) is 0 Å². The smallest absolute Gasteiger partial charge is 0.329 e. The van der Waals surface area contributed by atoms with E-state index in [1.807, 2.05) is 0 Å². The summed E-state index contributed by atoms with van der Waals surface area (Å²) in [6, 6.07) is 2.47. The molecule has 3 N–H and O–H groups in total. The topological polar surface area (TPSA) is 72.2 Å². The molecule has 1 aromatic carbocycles. The molecule has 10 heteroatoms. The molecule has 0 aromatic heterocycles. The van der Waals surface area contributed by atoms with Crippen LogP contribution in [0.25, 0.3) is 0 Å². The standard InChI is InChI=1S/C9H10BrF3N2O2S.ClH/c10-7-3-6(9(11,12)13)4-8(5-7)18(16,17)15-2-1-14;/h3-5,15H,1-2,14H2;1H. The lowest BCUT2D eigenvalue weighted by atomic mass is 10.2. The highest BCUT2D eigenvalue weighted by Crippen LogP contribution is 2.32. The Kier molecular flexibility index (Phi) is 6.76. The summed E-state index contributed by atoms with van der Waals surface area (Å²) in [5, 5.41) is 0. The molecule has 0 spiro atoms. The van der Waals surface area contributed by atoms with Gasteiger partial charge in [0.15, 0.2) is 0 Å². The number of hydrogen-bond donors (Lipinski definition) is 2. The van der Waals surface area contributed by atoms with Gasteiger partial charge in [-0.15, -0.1) is 12.4 Å². The first-order valence-electron chi connectivity index (χ1n) is 4.74. The van der Waals surface area contributed by atoms with Crippen LogP contribution in [0.1, 0.15) is 5.56 Å². The van der Waals surface area contributed by atoms with E-state index in [9.17, 15) is 21.6 Å². The number of halogens is 5. The van der Waals surface area contributed by atoms with E-state index in [1.54, 1.807) is 0 Å². The van der Waals surface area contributed by atoms with Gasteiger partial charge in [0.05, 0.1) is 10.5 Å². The van der Waals surface area contributed by atoms with Gasteiger partial charge in [-0.2, -0.15) is 13.2 Å². The van der Waals surface area contributed by atoms with E-state index in [-0.39, 0.29) is 30.0 Å². The third-order valence-corrected chi connectivity index (χ3v) is 3.84. The molecule has 4 nitrogen and oxygen atoms in total. The fourth-order valence-electron chi connectivity index (χ4n) is 1.16. The maximum atomic E-state index is 12.5. The Morgan fingerprint density at radius 3 is 2.32 bits per heavy atom. The van der Waals surface area contributed by atoms with E-state index in [0.717, 1.165) is 12.1 Å². The normalized spacial score (nSPS) is 12.1. The van der Waals surface area contributed by atoms with Gasteiger partial charge in [0.1, 0.15) is 0 Å². The van der Waals surface area contributed by atoms with Gasteiger partial charge in [-0.05, 0) is 18.2 Å². The van der Waals surface area contributed by atoms with Gasteiger partial charge in [-0.25, -0.2) is 13.1 Å². The Balaban J connectivity index is 0.00000324. The van der Waals surface area contributed by atoms with E-state index in [0.29, 0.717) is 6.07 Å². The second-order valence-electron chi connectivity index (χ2n) is 3.36. The van der Waals surface area contributed by atoms with Crippen LogP contribution >= 0.6 is 28.3 Å². The zero-order valence-electron chi connectivity index (χ0n) is 9.37. The van der Waals surface area contributed by atoms with Crippen molar-refractivity contribution in [1.82, 2.24) is 4.72 Å². The van der Waals surface area contributed by atoms with E-state index in [2.05, 4.69) is 20.7 Å². The predicted octanol–water partition coefficient (Wildman–Crippen LogP) is 2.13. The molecule has 0 amide bonds. The molecule has 0 unspecified atom stereocenters. The van der Waals surface area contributed by atoms with Crippen LogP contribution in [0.2, 0.25) is 0 Å². The fraction of sp³-hybridized carbons (Fsp3) is 0.333. The van der Waals surface area contributed by atoms with Crippen LogP contribution in [-0.4, -0.2) is 21.5 Å². The Morgan fingerprint density at radius 2 is 1.84 bits per heavy atom. The molecular weight excluding hydrogens is 373 g/mol. The number of nitrogens with two attached hydrogens (primary N) is 1. The molecule has 1 rings (SSSR count). The summed E-state index contributed by atoms with van der Waals surface area (Å²) in [4.78, 5) is -0.461. The molecule has 0 aliphatic carbocycles. The summed E-state index contributed by atoms with van der Waals surface area (Å²) in [7, 11) is -3.99. The molecule has 19 heavy (non-hydrogen) atoms. The third-order valence-electron chi connectivity index (χ3n) is 1.95. The first-order chi connectivity index (χ1) is 8.16. The Morgan fingerprint density at radius 1 is 1.26 bits per heavy atom. The lowest BCUT2D eigenvalue weighted by molar-refractivity contribution is -0.137. The number of benzene rings is 1. The number of nitrogens with one attached hydrogen (secondary N) is 1. The minimum atomic E-state index is -4.61. The molecule has 0 heterocycles. The summed E-state index contributed by atoms with van der Waals surface area (Å²) in [6.45, 7) is 0.00948. The van der Waals surface area contributed by atoms with Gasteiger partial charge >= 0.3 is 6.18 Å². The fourth-order valence-corrected chi connectivity index (χ4v) is 2.92. The summed E-state index contributed by atoms with van der Waals surface area (Å²) < 4.78 is 63.1. The third kappa shape index (κ3) is 5.27. The van der Waals surface area contributed by atoms with Crippen LogP contribution in [0, 0.1) is 0 Å². The van der Waals surface area contributed by atoms with Crippen LogP contribution in [-0.2, 0) is 16.2 Å². The van der Waals surface area contributed by atoms with Gasteiger partial charge in [-0.3, -0.25) is 0 Å². The van der Waals surface area contributed by atoms with E-state index >= 15 is 0 Å². The van der Waals surface area contributed by atoms with Crippen molar-refractivity contribution in [3.63, 3.8) is 0 Å². The van der Waals surface area contributed by atoms with Gasteiger partial charge in [-0.1, -0.05) is 15.9 Å². The number of rotatable bonds is 4. The average Bonchev–Trinajstić information content (AvgIpc) is 2.24. The maximum Gasteiger partial charge on any atom is 0.416 e. The Bertz CT molecular complexity index is 537. The van der Waals surface area contributed by atoms with Crippen molar-refractivity contribution in [3.05, 3.63) is 28.2 Å². The second-order valence-corrected chi connectivity index (χ2v) is 6.04. The molecule has 110 valence electrons. The second kappa shape index (κ2) is 6.89. The molecule has 0 atom stereocenters. The molecule has 0 radical (unpaired) electrons. The zero-order chi connectivity index (χ0) is 14.0.